The molecule has 1 fully saturated rings. The Hall–Kier alpha value is -2.56. The molecule has 0 spiro atoms. The van der Waals surface area contributed by atoms with Gasteiger partial charge in [-0.25, -0.2) is 5.43 Å². The van der Waals surface area contributed by atoms with Crippen LogP contribution in [0.25, 0.3) is 0 Å². The Morgan fingerprint density at radius 1 is 1.26 bits per heavy atom. The summed E-state index contributed by atoms with van der Waals surface area (Å²) in [5, 5.41) is 4.03. The van der Waals surface area contributed by atoms with Crippen LogP contribution in [0.2, 0.25) is 0 Å². The van der Waals surface area contributed by atoms with Crippen molar-refractivity contribution in [3.05, 3.63) is 53.9 Å². The van der Waals surface area contributed by atoms with Crippen LogP contribution < -0.4 is 10.2 Å². The van der Waals surface area contributed by atoms with Crippen molar-refractivity contribution >= 4 is 12.1 Å². The highest BCUT2D eigenvalue weighted by molar-refractivity contribution is 5.94. The molecular formula is C18H21N3O2. The number of nitrogens with one attached hydrogen (secondary N) is 1. The maximum Gasteiger partial charge on any atom is 0.271 e. The first-order valence-electron chi connectivity index (χ1n) is 7.91. The molecule has 5 nitrogen and oxygen atoms in total. The van der Waals surface area contributed by atoms with E-state index in [0.29, 0.717) is 11.6 Å². The van der Waals surface area contributed by atoms with E-state index in [4.69, 9.17) is 4.74 Å². The van der Waals surface area contributed by atoms with Crippen molar-refractivity contribution in [1.29, 1.82) is 0 Å². The number of benzene rings is 1. The Morgan fingerprint density at radius 3 is 2.70 bits per heavy atom. The van der Waals surface area contributed by atoms with Crippen LogP contribution in [0.1, 0.15) is 47.6 Å². The number of hydrazone groups is 1. The van der Waals surface area contributed by atoms with E-state index in [1.54, 1.807) is 37.6 Å². The van der Waals surface area contributed by atoms with Gasteiger partial charge in [0.2, 0.25) is 0 Å². The molecule has 1 saturated carbocycles. The van der Waals surface area contributed by atoms with Crippen LogP contribution in [-0.2, 0) is 0 Å². The molecule has 0 radical (unpaired) electrons. The van der Waals surface area contributed by atoms with Crippen LogP contribution in [-0.4, -0.2) is 23.8 Å². The summed E-state index contributed by atoms with van der Waals surface area (Å²) in [7, 11) is 1.59. The Bertz CT molecular complexity index is 683. The fourth-order valence-corrected chi connectivity index (χ4v) is 2.91. The van der Waals surface area contributed by atoms with Crippen LogP contribution in [0.5, 0.6) is 5.75 Å². The molecule has 120 valence electrons. The smallest absolute Gasteiger partial charge is 0.271 e. The van der Waals surface area contributed by atoms with Gasteiger partial charge in [-0.1, -0.05) is 12.8 Å². The highest BCUT2D eigenvalue weighted by Gasteiger charge is 2.15. The van der Waals surface area contributed by atoms with Crippen LogP contribution in [0, 0.1) is 0 Å². The standard InChI is InChI=1S/C18H21N3O2/c1-23-17-8-6-15(7-9-17)18(22)20-19-12-14-10-11-21(13-14)16-4-2-3-5-16/h6-13,16H,2-5H2,1H3,(H,20,22)/b19-12-. The number of methoxy groups -OCH3 is 1. The van der Waals surface area contributed by atoms with Crippen LogP contribution in [0.15, 0.2) is 47.8 Å². The van der Waals surface area contributed by atoms with Gasteiger partial charge in [-0.2, -0.15) is 5.10 Å². The van der Waals surface area contributed by atoms with Crippen LogP contribution in [0.3, 0.4) is 0 Å². The third-order valence-corrected chi connectivity index (χ3v) is 4.22. The lowest BCUT2D eigenvalue weighted by atomic mass is 10.2. The molecular weight excluding hydrogens is 290 g/mol. The first-order valence-corrected chi connectivity index (χ1v) is 7.91. The molecule has 0 aliphatic heterocycles. The predicted octanol–water partition coefficient (Wildman–Crippen LogP) is 3.38. The summed E-state index contributed by atoms with van der Waals surface area (Å²) in [5.41, 5.74) is 4.08. The highest BCUT2D eigenvalue weighted by Crippen LogP contribution is 2.29. The summed E-state index contributed by atoms with van der Waals surface area (Å²) in [6.45, 7) is 0. The lowest BCUT2D eigenvalue weighted by molar-refractivity contribution is 0.0955. The van der Waals surface area contributed by atoms with E-state index in [2.05, 4.69) is 27.5 Å². The normalized spacial score (nSPS) is 15.2. The van der Waals surface area contributed by atoms with Gasteiger partial charge in [0.1, 0.15) is 5.75 Å². The van der Waals surface area contributed by atoms with Gasteiger partial charge >= 0.3 is 0 Å². The maximum atomic E-state index is 12.0. The van der Waals surface area contributed by atoms with Crippen LogP contribution in [0.4, 0.5) is 0 Å². The van der Waals surface area contributed by atoms with E-state index in [1.165, 1.54) is 25.7 Å². The second-order valence-electron chi connectivity index (χ2n) is 5.76. The summed E-state index contributed by atoms with van der Waals surface area (Å²) < 4.78 is 7.32. The van der Waals surface area contributed by atoms with Crippen molar-refractivity contribution < 1.29 is 9.53 Å². The average molecular weight is 311 g/mol. The summed E-state index contributed by atoms with van der Waals surface area (Å²) in [4.78, 5) is 12.0. The lowest BCUT2D eigenvalue weighted by Crippen LogP contribution is -2.17. The third kappa shape index (κ3) is 3.80. The molecule has 1 aromatic carbocycles. The molecule has 1 amide bonds. The topological polar surface area (TPSA) is 55.6 Å². The number of carbonyl (C=O) groups excluding carboxylic acids is 1. The molecule has 2 aromatic rings. The minimum atomic E-state index is -0.237. The summed E-state index contributed by atoms with van der Waals surface area (Å²) in [6, 6.07) is 9.55. The summed E-state index contributed by atoms with van der Waals surface area (Å²) >= 11 is 0. The number of ether oxygens (including phenoxy) is 1. The molecule has 1 N–H and O–H groups in total. The minimum Gasteiger partial charge on any atom is -0.497 e. The Balaban J connectivity index is 1.56. The van der Waals surface area contributed by atoms with E-state index in [0.717, 1.165) is 11.3 Å². The predicted molar refractivity (Wildman–Crippen MR) is 90.0 cm³/mol. The number of hydrogen-bond donors (Lipinski definition) is 1. The second kappa shape index (κ2) is 7.13. The number of rotatable bonds is 5. The van der Waals surface area contributed by atoms with Gasteiger partial charge < -0.3 is 9.30 Å². The van der Waals surface area contributed by atoms with E-state index < -0.39 is 0 Å². The highest BCUT2D eigenvalue weighted by atomic mass is 16.5. The largest absolute Gasteiger partial charge is 0.497 e. The summed E-state index contributed by atoms with van der Waals surface area (Å²) in [6.07, 6.45) is 11.0. The number of hydrogen-bond acceptors (Lipinski definition) is 3. The Morgan fingerprint density at radius 2 is 2.00 bits per heavy atom. The molecule has 0 bridgehead atoms. The zero-order valence-electron chi connectivity index (χ0n) is 13.2. The monoisotopic (exact) mass is 311 g/mol. The molecule has 1 aliphatic carbocycles. The van der Waals surface area contributed by atoms with Gasteiger partial charge in [-0.05, 0) is 43.2 Å². The van der Waals surface area contributed by atoms with E-state index in [1.807, 2.05) is 6.07 Å². The molecule has 5 heteroatoms. The Kier molecular flexibility index (Phi) is 4.76. The average Bonchev–Trinajstić information content (AvgIpc) is 3.26. The van der Waals surface area contributed by atoms with Crippen LogP contribution >= 0.6 is 0 Å². The van der Waals surface area contributed by atoms with Gasteiger partial charge in [0.05, 0.1) is 13.3 Å². The molecule has 0 unspecified atom stereocenters. The maximum absolute atomic E-state index is 12.0. The SMILES string of the molecule is COc1ccc(C(=O)N/N=C\c2ccn(C3CCCC3)c2)cc1. The molecule has 0 saturated heterocycles. The van der Waals surface area contributed by atoms with Gasteiger partial charge in [0.25, 0.3) is 5.91 Å². The van der Waals surface area contributed by atoms with Gasteiger partial charge in [-0.3, -0.25) is 4.79 Å². The van der Waals surface area contributed by atoms with Gasteiger partial charge in [0, 0.05) is 29.6 Å². The molecule has 0 atom stereocenters. The lowest BCUT2D eigenvalue weighted by Gasteiger charge is -2.10. The second-order valence-corrected chi connectivity index (χ2v) is 5.76. The van der Waals surface area contributed by atoms with Crippen molar-refractivity contribution in [3.8, 4) is 5.75 Å². The fraction of sp³-hybridized carbons (Fsp3) is 0.333. The molecule has 1 aliphatic rings. The number of aromatic nitrogens is 1. The first-order chi connectivity index (χ1) is 11.3. The zero-order valence-corrected chi connectivity index (χ0v) is 13.2. The van der Waals surface area contributed by atoms with Crippen molar-refractivity contribution in [2.75, 3.05) is 7.11 Å². The Labute approximate surface area is 136 Å². The number of carbonyl (C=O) groups is 1. The molecule has 1 heterocycles. The third-order valence-electron chi connectivity index (χ3n) is 4.22. The minimum absolute atomic E-state index is 0.237. The van der Waals surface area contributed by atoms with Crippen molar-refractivity contribution in [2.24, 2.45) is 5.10 Å². The molecule has 3 rings (SSSR count). The van der Waals surface area contributed by atoms with E-state index in [-0.39, 0.29) is 5.91 Å². The fourth-order valence-electron chi connectivity index (χ4n) is 2.91. The van der Waals surface area contributed by atoms with E-state index >= 15 is 0 Å². The quantitative estimate of drug-likeness (QED) is 0.680. The van der Waals surface area contributed by atoms with Gasteiger partial charge in [-0.15, -0.1) is 0 Å². The molecule has 1 aromatic heterocycles. The first kappa shape index (κ1) is 15.3. The van der Waals surface area contributed by atoms with Crippen molar-refractivity contribution in [1.82, 2.24) is 9.99 Å². The van der Waals surface area contributed by atoms with E-state index in [9.17, 15) is 4.79 Å². The zero-order chi connectivity index (χ0) is 16.1. The molecule has 23 heavy (non-hydrogen) atoms. The number of nitrogens with zero attached hydrogens (tertiary/aromatic N) is 2. The van der Waals surface area contributed by atoms with Crippen molar-refractivity contribution in [3.63, 3.8) is 0 Å². The van der Waals surface area contributed by atoms with Gasteiger partial charge in [0.15, 0.2) is 0 Å². The van der Waals surface area contributed by atoms with Crippen molar-refractivity contribution in [2.45, 2.75) is 31.7 Å². The summed E-state index contributed by atoms with van der Waals surface area (Å²) in [5.74, 6) is 0.484. The number of amides is 1.